The smallest absolute Gasteiger partial charge is 0.255 e. The van der Waals surface area contributed by atoms with Crippen molar-refractivity contribution in [2.24, 2.45) is 5.73 Å². The first-order valence-corrected chi connectivity index (χ1v) is 6.77. The van der Waals surface area contributed by atoms with Gasteiger partial charge in [-0.25, -0.2) is 0 Å². The van der Waals surface area contributed by atoms with E-state index in [1.165, 1.54) is 4.90 Å². The van der Waals surface area contributed by atoms with E-state index in [4.69, 9.17) is 10.8 Å². The molecule has 0 atom stereocenters. The molecule has 0 unspecified atom stereocenters. The number of aryl methyl sites for hydroxylation is 1. The number of aliphatic hydroxyl groups is 1. The van der Waals surface area contributed by atoms with E-state index >= 15 is 0 Å². The van der Waals surface area contributed by atoms with E-state index in [9.17, 15) is 9.59 Å². The van der Waals surface area contributed by atoms with Gasteiger partial charge in [-0.3, -0.25) is 9.59 Å². The molecule has 0 fully saturated rings. The van der Waals surface area contributed by atoms with Gasteiger partial charge in [-0.1, -0.05) is 23.5 Å². The molecular weight excluding hydrogens is 268 g/mol. The maximum atomic E-state index is 12.5. The van der Waals surface area contributed by atoms with Crippen molar-refractivity contribution in [1.82, 2.24) is 4.90 Å². The zero-order valence-corrected chi connectivity index (χ0v) is 12.3. The van der Waals surface area contributed by atoms with Crippen LogP contribution in [0.2, 0.25) is 0 Å². The molecule has 0 spiro atoms. The van der Waals surface area contributed by atoms with Gasteiger partial charge in [0.2, 0.25) is 5.91 Å². The number of carbonyl (C=O) groups excluding carboxylic acids is 2. The molecule has 1 aromatic carbocycles. The largest absolute Gasteiger partial charge is 0.395 e. The number of nitrogens with zero attached hydrogens (tertiary/aromatic N) is 1. The lowest BCUT2D eigenvalue weighted by Gasteiger charge is -2.20. The van der Waals surface area contributed by atoms with Crippen molar-refractivity contribution in [3.05, 3.63) is 34.9 Å². The molecule has 112 valence electrons. The lowest BCUT2D eigenvalue weighted by molar-refractivity contribution is -0.118. The summed E-state index contributed by atoms with van der Waals surface area (Å²) in [7, 11) is 0. The van der Waals surface area contributed by atoms with Crippen LogP contribution in [0.3, 0.4) is 0 Å². The molecule has 0 aliphatic rings. The van der Waals surface area contributed by atoms with Crippen molar-refractivity contribution < 1.29 is 14.7 Å². The van der Waals surface area contributed by atoms with Crippen molar-refractivity contribution in [3.8, 4) is 11.8 Å². The van der Waals surface area contributed by atoms with E-state index in [0.29, 0.717) is 24.1 Å². The zero-order chi connectivity index (χ0) is 15.8. The SMILES string of the molecule is CCN(CC(N)=O)C(=O)c1cc(C)ccc1C#CCCO. The van der Waals surface area contributed by atoms with E-state index in [1.54, 1.807) is 19.1 Å². The minimum atomic E-state index is -0.550. The normalized spacial score (nSPS) is 9.67. The zero-order valence-electron chi connectivity index (χ0n) is 12.3. The van der Waals surface area contributed by atoms with Crippen molar-refractivity contribution in [1.29, 1.82) is 0 Å². The van der Waals surface area contributed by atoms with E-state index in [1.807, 2.05) is 13.0 Å². The summed E-state index contributed by atoms with van der Waals surface area (Å²) in [5.41, 5.74) is 7.13. The van der Waals surface area contributed by atoms with Crippen LogP contribution in [0.15, 0.2) is 18.2 Å². The molecule has 5 nitrogen and oxygen atoms in total. The van der Waals surface area contributed by atoms with E-state index in [2.05, 4.69) is 11.8 Å². The van der Waals surface area contributed by atoms with Crippen LogP contribution in [0.1, 0.15) is 34.8 Å². The van der Waals surface area contributed by atoms with Crippen molar-refractivity contribution in [3.63, 3.8) is 0 Å². The minimum Gasteiger partial charge on any atom is -0.395 e. The van der Waals surface area contributed by atoms with E-state index in [-0.39, 0.29) is 19.1 Å². The van der Waals surface area contributed by atoms with Crippen LogP contribution in [0, 0.1) is 18.8 Å². The predicted octanol–water partition coefficient (Wildman–Crippen LogP) is 0.676. The summed E-state index contributed by atoms with van der Waals surface area (Å²) in [6.07, 6.45) is 0.348. The molecule has 3 N–H and O–H groups in total. The summed E-state index contributed by atoms with van der Waals surface area (Å²) in [4.78, 5) is 24.9. The number of likely N-dealkylation sites (N-methyl/N-ethyl adjacent to an activating group) is 1. The van der Waals surface area contributed by atoms with E-state index < -0.39 is 5.91 Å². The van der Waals surface area contributed by atoms with Crippen LogP contribution in [0.4, 0.5) is 0 Å². The Hall–Kier alpha value is -2.32. The lowest BCUT2D eigenvalue weighted by Crippen LogP contribution is -2.38. The minimum absolute atomic E-state index is 0.0229. The van der Waals surface area contributed by atoms with Gasteiger partial charge in [0.15, 0.2) is 0 Å². The highest BCUT2D eigenvalue weighted by Gasteiger charge is 2.18. The second kappa shape index (κ2) is 8.08. The summed E-state index contributed by atoms with van der Waals surface area (Å²) < 4.78 is 0. The van der Waals surface area contributed by atoms with Gasteiger partial charge in [0.25, 0.3) is 5.91 Å². The molecule has 0 bridgehead atoms. The van der Waals surface area contributed by atoms with Crippen LogP contribution < -0.4 is 5.73 Å². The molecule has 21 heavy (non-hydrogen) atoms. The van der Waals surface area contributed by atoms with E-state index in [0.717, 1.165) is 5.56 Å². The van der Waals surface area contributed by atoms with Gasteiger partial charge >= 0.3 is 0 Å². The molecule has 1 aromatic rings. The molecule has 0 saturated carbocycles. The van der Waals surface area contributed by atoms with Gasteiger partial charge in [-0.2, -0.15) is 0 Å². The number of hydrogen-bond acceptors (Lipinski definition) is 3. The standard InChI is InChI=1S/C16H20N2O3/c1-3-18(11-15(17)20)16(21)14-10-12(2)7-8-13(14)6-4-5-9-19/h7-8,10,19H,3,5,9,11H2,1-2H3,(H2,17,20). The Labute approximate surface area is 124 Å². The monoisotopic (exact) mass is 288 g/mol. The first kappa shape index (κ1) is 16.7. The third-order valence-corrected chi connectivity index (χ3v) is 2.88. The lowest BCUT2D eigenvalue weighted by atomic mass is 10.0. The molecule has 5 heteroatoms. The highest BCUT2D eigenvalue weighted by Crippen LogP contribution is 2.14. The number of nitrogens with two attached hydrogens (primary N) is 1. The molecule has 0 radical (unpaired) electrons. The number of amides is 2. The number of benzene rings is 1. The average molecular weight is 288 g/mol. The molecular formula is C16H20N2O3. The number of rotatable bonds is 5. The van der Waals surface area contributed by atoms with Gasteiger partial charge in [0, 0.05) is 18.5 Å². The van der Waals surface area contributed by atoms with Crippen LogP contribution in [0.5, 0.6) is 0 Å². The maximum Gasteiger partial charge on any atom is 0.255 e. The molecule has 0 aliphatic heterocycles. The Balaban J connectivity index is 3.15. The van der Waals surface area contributed by atoms with Gasteiger partial charge in [0.1, 0.15) is 0 Å². The second-order valence-electron chi connectivity index (χ2n) is 4.61. The van der Waals surface area contributed by atoms with Gasteiger partial charge in [0.05, 0.1) is 18.7 Å². The third kappa shape index (κ3) is 4.93. The van der Waals surface area contributed by atoms with Crippen LogP contribution in [0.25, 0.3) is 0 Å². The first-order chi connectivity index (χ1) is 9.99. The number of carbonyl (C=O) groups is 2. The first-order valence-electron chi connectivity index (χ1n) is 6.77. The highest BCUT2D eigenvalue weighted by atomic mass is 16.2. The fourth-order valence-corrected chi connectivity index (χ4v) is 1.84. The summed E-state index contributed by atoms with van der Waals surface area (Å²) in [5, 5.41) is 8.76. The second-order valence-corrected chi connectivity index (χ2v) is 4.61. The Bertz CT molecular complexity index is 585. The fourth-order valence-electron chi connectivity index (χ4n) is 1.84. The number of primary amides is 1. The summed E-state index contributed by atoms with van der Waals surface area (Å²) in [5.74, 6) is 4.86. The topological polar surface area (TPSA) is 83.6 Å². The Morgan fingerprint density at radius 1 is 1.38 bits per heavy atom. The summed E-state index contributed by atoms with van der Waals surface area (Å²) in [6.45, 7) is 3.91. The van der Waals surface area contributed by atoms with Gasteiger partial charge in [-0.15, -0.1) is 0 Å². The van der Waals surface area contributed by atoms with Crippen molar-refractivity contribution >= 4 is 11.8 Å². The predicted molar refractivity (Wildman–Crippen MR) is 80.5 cm³/mol. The Kier molecular flexibility index (Phi) is 6.44. The maximum absolute atomic E-state index is 12.5. The van der Waals surface area contributed by atoms with Crippen molar-refractivity contribution in [2.75, 3.05) is 19.7 Å². The number of hydrogen-bond donors (Lipinski definition) is 2. The van der Waals surface area contributed by atoms with Crippen LogP contribution in [-0.4, -0.2) is 41.5 Å². The molecule has 0 heterocycles. The van der Waals surface area contributed by atoms with Gasteiger partial charge in [-0.05, 0) is 26.0 Å². The quantitative estimate of drug-likeness (QED) is 0.781. The van der Waals surface area contributed by atoms with Crippen molar-refractivity contribution in [2.45, 2.75) is 20.3 Å². The average Bonchev–Trinajstić information content (AvgIpc) is 2.45. The molecule has 0 aromatic heterocycles. The van der Waals surface area contributed by atoms with Gasteiger partial charge < -0.3 is 15.7 Å². The summed E-state index contributed by atoms with van der Waals surface area (Å²) >= 11 is 0. The number of aliphatic hydroxyl groups excluding tert-OH is 1. The Morgan fingerprint density at radius 2 is 2.10 bits per heavy atom. The molecule has 0 aliphatic carbocycles. The fraction of sp³-hybridized carbons (Fsp3) is 0.375. The molecule has 1 rings (SSSR count). The highest BCUT2D eigenvalue weighted by molar-refractivity contribution is 5.98. The Morgan fingerprint density at radius 3 is 2.67 bits per heavy atom. The van der Waals surface area contributed by atoms with Crippen LogP contribution >= 0.6 is 0 Å². The third-order valence-electron chi connectivity index (χ3n) is 2.88. The molecule has 0 saturated heterocycles. The summed E-state index contributed by atoms with van der Waals surface area (Å²) in [6, 6.07) is 5.38. The van der Waals surface area contributed by atoms with Crippen LogP contribution in [-0.2, 0) is 4.79 Å². The molecule has 2 amide bonds.